The number of likely N-dealkylation sites (N-methyl/N-ethyl adjacent to an activating group) is 2. The molecule has 2 rings (SSSR count). The average molecular weight is 296 g/mol. The molecule has 0 aromatic heterocycles. The van der Waals surface area contributed by atoms with Gasteiger partial charge in [0.05, 0.1) is 0 Å². The number of rotatable bonds is 5. The van der Waals surface area contributed by atoms with E-state index in [1.54, 1.807) is 0 Å². The quantitative estimate of drug-likeness (QED) is 0.901. The first-order chi connectivity index (χ1) is 9.60. The summed E-state index contributed by atoms with van der Waals surface area (Å²) >= 11 is 5.99. The number of nitrogens with zero attached hydrogens (tertiary/aromatic N) is 2. The van der Waals surface area contributed by atoms with Crippen molar-refractivity contribution in [3.8, 4) is 0 Å². The van der Waals surface area contributed by atoms with E-state index in [2.05, 4.69) is 48.3 Å². The summed E-state index contributed by atoms with van der Waals surface area (Å²) in [6.07, 6.45) is 1.14. The highest BCUT2D eigenvalue weighted by Crippen LogP contribution is 2.23. The fraction of sp³-hybridized carbons (Fsp3) is 0.625. The van der Waals surface area contributed by atoms with E-state index in [0.717, 1.165) is 31.1 Å². The molecule has 1 saturated heterocycles. The number of halogens is 1. The maximum Gasteiger partial charge on any atom is 0.0406 e. The number of hydrogen-bond donors (Lipinski definition) is 1. The average Bonchev–Trinajstić information content (AvgIpc) is 2.43. The van der Waals surface area contributed by atoms with E-state index in [9.17, 15) is 0 Å². The van der Waals surface area contributed by atoms with Crippen molar-refractivity contribution in [3.63, 3.8) is 0 Å². The smallest absolute Gasteiger partial charge is 0.0406 e. The molecule has 0 radical (unpaired) electrons. The van der Waals surface area contributed by atoms with Crippen LogP contribution in [0.4, 0.5) is 0 Å². The number of hydrogen-bond acceptors (Lipinski definition) is 3. The minimum atomic E-state index is 0.399. The van der Waals surface area contributed by atoms with Gasteiger partial charge in [0.15, 0.2) is 0 Å². The van der Waals surface area contributed by atoms with E-state index in [4.69, 9.17) is 11.6 Å². The van der Waals surface area contributed by atoms with Crippen LogP contribution < -0.4 is 5.32 Å². The van der Waals surface area contributed by atoms with Crippen LogP contribution in [0.25, 0.3) is 0 Å². The molecule has 0 bridgehead atoms. The first-order valence-corrected chi connectivity index (χ1v) is 7.85. The first kappa shape index (κ1) is 15.8. The predicted octanol–water partition coefficient (Wildman–Crippen LogP) is 2.63. The number of piperazine rings is 1. The van der Waals surface area contributed by atoms with Gasteiger partial charge in [0.2, 0.25) is 0 Å². The third-order valence-electron chi connectivity index (χ3n) is 4.21. The predicted molar refractivity (Wildman–Crippen MR) is 86.4 cm³/mol. The molecular weight excluding hydrogens is 270 g/mol. The monoisotopic (exact) mass is 295 g/mol. The van der Waals surface area contributed by atoms with Gasteiger partial charge in [-0.15, -0.1) is 0 Å². The van der Waals surface area contributed by atoms with Crippen LogP contribution in [0.5, 0.6) is 0 Å². The van der Waals surface area contributed by atoms with Crippen LogP contribution in [0, 0.1) is 0 Å². The fourth-order valence-electron chi connectivity index (χ4n) is 2.91. The highest BCUT2D eigenvalue weighted by Gasteiger charge is 2.25. The van der Waals surface area contributed by atoms with Gasteiger partial charge in [-0.3, -0.25) is 0 Å². The maximum absolute atomic E-state index is 5.99. The lowest BCUT2D eigenvalue weighted by atomic mass is 9.97. The van der Waals surface area contributed by atoms with E-state index >= 15 is 0 Å². The van der Waals surface area contributed by atoms with Crippen molar-refractivity contribution < 1.29 is 0 Å². The molecule has 20 heavy (non-hydrogen) atoms. The van der Waals surface area contributed by atoms with E-state index in [0.29, 0.717) is 12.1 Å². The van der Waals surface area contributed by atoms with Crippen LogP contribution in [-0.2, 0) is 0 Å². The Labute approximate surface area is 127 Å². The Balaban J connectivity index is 2.06. The molecule has 0 aliphatic carbocycles. The Morgan fingerprint density at radius 3 is 2.60 bits per heavy atom. The van der Waals surface area contributed by atoms with Crippen LogP contribution in [0.1, 0.15) is 24.9 Å². The molecule has 4 heteroatoms. The van der Waals surface area contributed by atoms with Gasteiger partial charge in [0, 0.05) is 36.7 Å². The second kappa shape index (κ2) is 7.41. The molecule has 1 N–H and O–H groups in total. The van der Waals surface area contributed by atoms with Crippen molar-refractivity contribution >= 4 is 11.6 Å². The zero-order valence-electron chi connectivity index (χ0n) is 12.8. The molecule has 3 nitrogen and oxygen atoms in total. The molecule has 2 unspecified atom stereocenters. The molecule has 1 aliphatic rings. The summed E-state index contributed by atoms with van der Waals surface area (Å²) < 4.78 is 0. The molecular formula is C16H26ClN3. The van der Waals surface area contributed by atoms with Crippen LogP contribution in [0.3, 0.4) is 0 Å². The van der Waals surface area contributed by atoms with E-state index in [-0.39, 0.29) is 0 Å². The Bertz CT molecular complexity index is 407. The van der Waals surface area contributed by atoms with Gasteiger partial charge in [-0.05, 0) is 44.8 Å². The van der Waals surface area contributed by atoms with Crippen molar-refractivity contribution in [2.24, 2.45) is 0 Å². The summed E-state index contributed by atoms with van der Waals surface area (Å²) in [6, 6.07) is 9.25. The van der Waals surface area contributed by atoms with E-state index < -0.39 is 0 Å². The maximum atomic E-state index is 5.99. The Kier molecular flexibility index (Phi) is 5.85. The Hall–Kier alpha value is -0.610. The van der Waals surface area contributed by atoms with Gasteiger partial charge in [-0.1, -0.05) is 30.7 Å². The fourth-order valence-corrected chi connectivity index (χ4v) is 3.03. The van der Waals surface area contributed by atoms with Crippen LogP contribution in [0.2, 0.25) is 5.02 Å². The standard InChI is InChI=1S/C16H26ClN3/c1-4-18-16(13-5-7-14(17)8-6-13)11-15-12-19(2)9-10-20(15)3/h5-8,15-16,18H,4,9-12H2,1-3H3. The topological polar surface area (TPSA) is 18.5 Å². The normalized spacial score (nSPS) is 22.9. The van der Waals surface area contributed by atoms with Crippen LogP contribution in [-0.4, -0.2) is 56.1 Å². The Morgan fingerprint density at radius 1 is 1.25 bits per heavy atom. The van der Waals surface area contributed by atoms with Gasteiger partial charge in [-0.2, -0.15) is 0 Å². The molecule has 0 saturated carbocycles. The highest BCUT2D eigenvalue weighted by molar-refractivity contribution is 6.30. The van der Waals surface area contributed by atoms with Crippen LogP contribution in [0.15, 0.2) is 24.3 Å². The summed E-state index contributed by atoms with van der Waals surface area (Å²) in [6.45, 7) is 6.62. The second-order valence-electron chi connectivity index (χ2n) is 5.79. The summed E-state index contributed by atoms with van der Waals surface area (Å²) in [7, 11) is 4.45. The number of benzene rings is 1. The third kappa shape index (κ3) is 4.19. The van der Waals surface area contributed by atoms with Gasteiger partial charge < -0.3 is 15.1 Å². The first-order valence-electron chi connectivity index (χ1n) is 7.47. The van der Waals surface area contributed by atoms with Crippen molar-refractivity contribution in [2.75, 3.05) is 40.3 Å². The van der Waals surface area contributed by atoms with Gasteiger partial charge in [-0.25, -0.2) is 0 Å². The van der Waals surface area contributed by atoms with Gasteiger partial charge >= 0.3 is 0 Å². The third-order valence-corrected chi connectivity index (χ3v) is 4.46. The van der Waals surface area contributed by atoms with Crippen molar-refractivity contribution in [1.29, 1.82) is 0 Å². The number of nitrogens with one attached hydrogen (secondary N) is 1. The molecule has 1 aromatic carbocycles. The van der Waals surface area contributed by atoms with Gasteiger partial charge in [0.25, 0.3) is 0 Å². The lowest BCUT2D eigenvalue weighted by Gasteiger charge is -2.39. The summed E-state index contributed by atoms with van der Waals surface area (Å²) in [5.41, 5.74) is 1.33. The molecule has 0 amide bonds. The Morgan fingerprint density at radius 2 is 1.95 bits per heavy atom. The second-order valence-corrected chi connectivity index (χ2v) is 6.23. The van der Waals surface area contributed by atoms with Crippen molar-refractivity contribution in [3.05, 3.63) is 34.9 Å². The molecule has 1 aliphatic heterocycles. The summed E-state index contributed by atoms with van der Waals surface area (Å²) in [5.74, 6) is 0. The molecule has 112 valence electrons. The largest absolute Gasteiger partial charge is 0.310 e. The molecule has 1 fully saturated rings. The highest BCUT2D eigenvalue weighted by atomic mass is 35.5. The zero-order chi connectivity index (χ0) is 14.5. The van der Waals surface area contributed by atoms with E-state index in [1.807, 2.05) is 12.1 Å². The SMILES string of the molecule is CCNC(CC1CN(C)CCN1C)c1ccc(Cl)cc1. The minimum absolute atomic E-state index is 0.399. The van der Waals surface area contributed by atoms with Gasteiger partial charge in [0.1, 0.15) is 0 Å². The van der Waals surface area contributed by atoms with Crippen molar-refractivity contribution in [1.82, 2.24) is 15.1 Å². The summed E-state index contributed by atoms with van der Waals surface area (Å²) in [4.78, 5) is 4.91. The lowest BCUT2D eigenvalue weighted by Crippen LogP contribution is -2.51. The van der Waals surface area contributed by atoms with Crippen LogP contribution >= 0.6 is 11.6 Å². The lowest BCUT2D eigenvalue weighted by molar-refractivity contribution is 0.101. The molecule has 0 spiro atoms. The van der Waals surface area contributed by atoms with Crippen molar-refractivity contribution in [2.45, 2.75) is 25.4 Å². The molecule has 1 heterocycles. The zero-order valence-corrected chi connectivity index (χ0v) is 13.5. The molecule has 2 atom stereocenters. The van der Waals surface area contributed by atoms with E-state index in [1.165, 1.54) is 12.1 Å². The molecule has 1 aromatic rings. The summed E-state index contributed by atoms with van der Waals surface area (Å²) in [5, 5.41) is 4.42. The minimum Gasteiger partial charge on any atom is -0.310 e.